The van der Waals surface area contributed by atoms with Crippen molar-refractivity contribution in [1.82, 2.24) is 5.32 Å². The molecule has 5 N–H and O–H groups in total. The minimum absolute atomic E-state index is 0. The molecule has 0 bridgehead atoms. The second-order valence-corrected chi connectivity index (χ2v) is 6.18. The summed E-state index contributed by atoms with van der Waals surface area (Å²) < 4.78 is 0. The van der Waals surface area contributed by atoms with Crippen LogP contribution in [0.5, 0.6) is 0 Å². The van der Waals surface area contributed by atoms with E-state index < -0.39 is 29.8 Å². The predicted molar refractivity (Wildman–Crippen MR) is 117 cm³/mol. The molecule has 0 saturated carbocycles. The summed E-state index contributed by atoms with van der Waals surface area (Å²) in [7, 11) is 0. The standard InChI is InChI=1S/C13H16N2O4.C8H8O2.2Na/c14-11(16)7-6-10(13(18)19)15-12(17)8-9-4-2-1-3-5-9;9-8(10)6-7-4-2-1-3-5-7;;/h1-5,10H,6-8H2,(H2,14,16)(H,15,17)(H,18,19);1-5H,6H2,(H,9,10);;/t10-;;;/m0.../s1. The zero-order valence-electron chi connectivity index (χ0n) is 17.8. The Morgan fingerprint density at radius 2 is 1.26 bits per heavy atom. The van der Waals surface area contributed by atoms with Crippen LogP contribution in [0.3, 0.4) is 0 Å². The van der Waals surface area contributed by atoms with Gasteiger partial charge in [-0.2, -0.15) is 0 Å². The van der Waals surface area contributed by atoms with E-state index in [1.165, 1.54) is 0 Å². The molecule has 0 aromatic heterocycles. The number of rotatable bonds is 9. The molecule has 156 valence electrons. The van der Waals surface area contributed by atoms with Gasteiger partial charge in [0, 0.05) is 65.5 Å². The van der Waals surface area contributed by atoms with Crippen LogP contribution in [0.15, 0.2) is 60.7 Å². The zero-order valence-corrected chi connectivity index (χ0v) is 21.8. The maximum absolute atomic E-state index is 11.7. The van der Waals surface area contributed by atoms with Gasteiger partial charge >= 0.3 is 11.9 Å². The van der Waals surface area contributed by atoms with Crippen molar-refractivity contribution in [2.75, 3.05) is 0 Å². The topological polar surface area (TPSA) is 147 Å². The van der Waals surface area contributed by atoms with E-state index in [1.54, 1.807) is 36.4 Å². The number of primary amides is 1. The molecule has 10 heteroatoms. The Bertz CT molecular complexity index is 819. The number of hydrogen-bond acceptors (Lipinski definition) is 4. The molecule has 2 aromatic carbocycles. The molecular formula is C21H24N2Na2O6. The number of carbonyl (C=O) groups is 4. The summed E-state index contributed by atoms with van der Waals surface area (Å²) in [6, 6.07) is 17.0. The van der Waals surface area contributed by atoms with Gasteiger partial charge in [0.05, 0.1) is 12.8 Å². The van der Waals surface area contributed by atoms with Crippen LogP contribution in [0, 0.1) is 0 Å². The van der Waals surface area contributed by atoms with Crippen molar-refractivity contribution in [2.45, 2.75) is 31.7 Å². The summed E-state index contributed by atoms with van der Waals surface area (Å²) in [6.07, 6.45) is 0.121. The fourth-order valence-electron chi connectivity index (χ4n) is 2.34. The zero-order chi connectivity index (χ0) is 21.6. The molecule has 0 unspecified atom stereocenters. The number of nitrogens with one attached hydrogen (secondary N) is 1. The van der Waals surface area contributed by atoms with Crippen LogP contribution in [0.1, 0.15) is 24.0 Å². The third-order valence-electron chi connectivity index (χ3n) is 3.72. The van der Waals surface area contributed by atoms with Gasteiger partial charge in [0.1, 0.15) is 6.04 Å². The normalized spacial score (nSPS) is 10.1. The summed E-state index contributed by atoms with van der Waals surface area (Å²) in [5.41, 5.74) is 6.58. The van der Waals surface area contributed by atoms with E-state index in [0.717, 1.165) is 11.1 Å². The van der Waals surface area contributed by atoms with Crippen LogP contribution in [-0.4, -0.2) is 99.1 Å². The number of carbonyl (C=O) groups excluding carboxylic acids is 2. The minimum atomic E-state index is -1.18. The number of aliphatic carboxylic acids is 2. The summed E-state index contributed by atoms with van der Waals surface area (Å²) >= 11 is 0. The van der Waals surface area contributed by atoms with Crippen molar-refractivity contribution >= 4 is 82.9 Å². The van der Waals surface area contributed by atoms with Gasteiger partial charge in [0.25, 0.3) is 0 Å². The number of hydrogen-bond donors (Lipinski definition) is 4. The maximum atomic E-state index is 11.7. The molecule has 8 nitrogen and oxygen atoms in total. The SMILES string of the molecule is NC(=O)CC[C@H](NC(=O)Cc1ccccc1)C(=O)O.O=C(O)Cc1ccccc1.[Na].[Na]. The largest absolute Gasteiger partial charge is 0.481 e. The van der Waals surface area contributed by atoms with Crippen molar-refractivity contribution in [3.05, 3.63) is 71.8 Å². The van der Waals surface area contributed by atoms with Crippen molar-refractivity contribution < 1.29 is 29.4 Å². The van der Waals surface area contributed by atoms with E-state index in [9.17, 15) is 19.2 Å². The second kappa shape index (κ2) is 17.9. The van der Waals surface area contributed by atoms with E-state index in [0.29, 0.717) is 0 Å². The predicted octanol–water partition coefficient (Wildman–Crippen LogP) is 0.616. The number of carboxylic acid groups (broad SMARTS) is 2. The van der Waals surface area contributed by atoms with E-state index in [4.69, 9.17) is 15.9 Å². The van der Waals surface area contributed by atoms with Crippen molar-refractivity contribution in [3.8, 4) is 0 Å². The van der Waals surface area contributed by atoms with Crippen LogP contribution in [0.25, 0.3) is 0 Å². The molecule has 31 heavy (non-hydrogen) atoms. The van der Waals surface area contributed by atoms with Gasteiger partial charge in [0.15, 0.2) is 0 Å². The Hall–Kier alpha value is -1.68. The first kappa shape index (κ1) is 31.5. The van der Waals surface area contributed by atoms with Crippen LogP contribution in [0.2, 0.25) is 0 Å². The molecule has 1 atom stereocenters. The number of nitrogens with two attached hydrogens (primary N) is 1. The van der Waals surface area contributed by atoms with Gasteiger partial charge in [-0.05, 0) is 17.5 Å². The van der Waals surface area contributed by atoms with Gasteiger partial charge in [-0.3, -0.25) is 14.4 Å². The van der Waals surface area contributed by atoms with Crippen molar-refractivity contribution in [3.63, 3.8) is 0 Å². The second-order valence-electron chi connectivity index (χ2n) is 6.18. The van der Waals surface area contributed by atoms with E-state index in [-0.39, 0.29) is 84.8 Å². The van der Waals surface area contributed by atoms with E-state index in [1.807, 2.05) is 24.3 Å². The fourth-order valence-corrected chi connectivity index (χ4v) is 2.34. The average Bonchev–Trinajstić information content (AvgIpc) is 2.66. The molecule has 0 saturated heterocycles. The molecule has 2 amide bonds. The van der Waals surface area contributed by atoms with Crippen LogP contribution < -0.4 is 11.1 Å². The quantitative estimate of drug-likeness (QED) is 0.415. The summed E-state index contributed by atoms with van der Waals surface area (Å²) in [4.78, 5) is 43.4. The van der Waals surface area contributed by atoms with Crippen LogP contribution >= 0.6 is 0 Å². The van der Waals surface area contributed by atoms with Gasteiger partial charge in [0.2, 0.25) is 11.8 Å². The van der Waals surface area contributed by atoms with Gasteiger partial charge in [-0.25, -0.2) is 4.79 Å². The van der Waals surface area contributed by atoms with Gasteiger partial charge in [-0.1, -0.05) is 60.7 Å². The summed E-state index contributed by atoms with van der Waals surface area (Å²) in [5.74, 6) is -2.96. The first-order valence-electron chi connectivity index (χ1n) is 8.88. The monoisotopic (exact) mass is 446 g/mol. The first-order valence-corrected chi connectivity index (χ1v) is 8.88. The first-order chi connectivity index (χ1) is 13.8. The maximum Gasteiger partial charge on any atom is 0.326 e. The van der Waals surface area contributed by atoms with E-state index in [2.05, 4.69) is 5.32 Å². The van der Waals surface area contributed by atoms with Gasteiger partial charge in [-0.15, -0.1) is 0 Å². The van der Waals surface area contributed by atoms with Crippen LogP contribution in [-0.2, 0) is 32.0 Å². The molecule has 2 aromatic rings. The molecule has 0 aliphatic heterocycles. The minimum Gasteiger partial charge on any atom is -0.481 e. The third kappa shape index (κ3) is 15.7. The Balaban J connectivity index is 0. The Labute approximate surface area is 225 Å². The van der Waals surface area contributed by atoms with Gasteiger partial charge < -0.3 is 21.3 Å². The Morgan fingerprint density at radius 1 is 0.806 bits per heavy atom. The molecule has 2 radical (unpaired) electrons. The number of carboxylic acids is 2. The van der Waals surface area contributed by atoms with Crippen molar-refractivity contribution in [1.29, 1.82) is 0 Å². The Kier molecular flexibility index (Phi) is 18.2. The third-order valence-corrected chi connectivity index (χ3v) is 3.72. The molecule has 0 aliphatic carbocycles. The summed E-state index contributed by atoms with van der Waals surface area (Å²) in [5, 5.41) is 19.7. The average molecular weight is 446 g/mol. The molecule has 2 rings (SSSR count). The van der Waals surface area contributed by atoms with E-state index >= 15 is 0 Å². The molecular weight excluding hydrogens is 422 g/mol. The summed E-state index contributed by atoms with van der Waals surface area (Å²) in [6.45, 7) is 0. The van der Waals surface area contributed by atoms with Crippen LogP contribution in [0.4, 0.5) is 0 Å². The Morgan fingerprint density at radius 3 is 1.65 bits per heavy atom. The fraction of sp³-hybridized carbons (Fsp3) is 0.238. The molecule has 0 spiro atoms. The number of amides is 2. The van der Waals surface area contributed by atoms with Crippen molar-refractivity contribution in [2.24, 2.45) is 5.73 Å². The smallest absolute Gasteiger partial charge is 0.326 e. The number of benzene rings is 2. The molecule has 0 fully saturated rings. The molecule has 0 heterocycles. The molecule has 0 aliphatic rings.